The standard InChI is InChI=1S/C61H36N4/c1-3-16-38(17-4-1)59-45-24-9-13-28-51(45)62-60(63-59)65-54-33-30-37-18-15-27-49-56(37)58(54)57-50(61(49)47-25-11-7-21-42(47)43-22-8-12-26-48(43)61)35-40(36-55(57)65)39-31-32-53-46(34-39)44-23-10-14-29-52(44)64(53)41-19-5-2-6-20-41/h1-36H. The van der Waals surface area contributed by atoms with Crippen molar-refractivity contribution in [3.8, 4) is 45.1 Å². The molecule has 0 radical (unpaired) electrons. The number of fused-ring (bicyclic) bond motifs is 11. The molecule has 65 heavy (non-hydrogen) atoms. The van der Waals surface area contributed by atoms with E-state index >= 15 is 0 Å². The quantitative estimate of drug-likeness (QED) is 0.177. The maximum Gasteiger partial charge on any atom is 0.235 e. The molecule has 0 fully saturated rings. The summed E-state index contributed by atoms with van der Waals surface area (Å²) >= 11 is 0. The molecule has 0 saturated heterocycles. The molecular formula is C61H36N4. The first-order valence-corrected chi connectivity index (χ1v) is 22.4. The van der Waals surface area contributed by atoms with Crippen LogP contribution in [0.25, 0.3) is 110 Å². The van der Waals surface area contributed by atoms with Crippen molar-refractivity contribution in [2.45, 2.75) is 5.41 Å². The van der Waals surface area contributed by atoms with Crippen molar-refractivity contribution in [3.05, 3.63) is 241 Å². The molecule has 3 aromatic heterocycles. The second kappa shape index (κ2) is 12.7. The maximum absolute atomic E-state index is 5.56. The smallest absolute Gasteiger partial charge is 0.235 e. The van der Waals surface area contributed by atoms with E-state index in [1.54, 1.807) is 0 Å². The highest BCUT2D eigenvalue weighted by atomic mass is 15.2. The zero-order valence-corrected chi connectivity index (χ0v) is 35.1. The average Bonchev–Trinajstić information content (AvgIpc) is 4.00. The van der Waals surface area contributed by atoms with E-state index in [2.05, 4.69) is 228 Å². The van der Waals surface area contributed by atoms with Crippen molar-refractivity contribution in [2.24, 2.45) is 0 Å². The number of hydrogen-bond donors (Lipinski definition) is 0. The first-order chi connectivity index (χ1) is 32.3. The van der Waals surface area contributed by atoms with Crippen LogP contribution in [0.4, 0.5) is 0 Å². The van der Waals surface area contributed by atoms with Crippen LogP contribution in [-0.2, 0) is 5.41 Å². The molecule has 0 N–H and O–H groups in total. The van der Waals surface area contributed by atoms with Crippen molar-refractivity contribution in [1.29, 1.82) is 0 Å². The van der Waals surface area contributed by atoms with Gasteiger partial charge >= 0.3 is 0 Å². The Morgan fingerprint density at radius 1 is 0.338 bits per heavy atom. The molecule has 0 atom stereocenters. The Labute approximate surface area is 373 Å². The van der Waals surface area contributed by atoms with Gasteiger partial charge in [0, 0.05) is 38.2 Å². The largest absolute Gasteiger partial charge is 0.309 e. The summed E-state index contributed by atoms with van der Waals surface area (Å²) in [6.45, 7) is 0. The van der Waals surface area contributed by atoms with Crippen LogP contribution in [0.2, 0.25) is 0 Å². The molecule has 300 valence electrons. The second-order valence-corrected chi connectivity index (χ2v) is 17.6. The van der Waals surface area contributed by atoms with Gasteiger partial charge in [-0.15, -0.1) is 0 Å². The minimum absolute atomic E-state index is 0.582. The average molecular weight is 825 g/mol. The molecule has 0 bridgehead atoms. The number of para-hydroxylation sites is 3. The minimum atomic E-state index is -0.582. The van der Waals surface area contributed by atoms with E-state index in [1.807, 2.05) is 0 Å². The Balaban J connectivity index is 1.12. The first-order valence-electron chi connectivity index (χ1n) is 22.4. The van der Waals surface area contributed by atoms with Gasteiger partial charge in [0.1, 0.15) is 0 Å². The first kappa shape index (κ1) is 34.9. The molecule has 3 heterocycles. The normalized spacial score (nSPS) is 13.4. The lowest BCUT2D eigenvalue weighted by molar-refractivity contribution is 0.783. The molecule has 4 nitrogen and oxygen atoms in total. The molecule has 10 aromatic carbocycles. The second-order valence-electron chi connectivity index (χ2n) is 17.6. The fourth-order valence-electron chi connectivity index (χ4n) is 11.9. The predicted molar refractivity (Wildman–Crippen MR) is 267 cm³/mol. The fourth-order valence-corrected chi connectivity index (χ4v) is 11.9. The highest BCUT2D eigenvalue weighted by Gasteiger charge is 2.50. The van der Waals surface area contributed by atoms with Crippen molar-refractivity contribution in [2.75, 3.05) is 0 Å². The summed E-state index contributed by atoms with van der Waals surface area (Å²) in [5, 5.41) is 8.51. The van der Waals surface area contributed by atoms with Crippen molar-refractivity contribution in [1.82, 2.24) is 19.1 Å². The molecule has 15 rings (SSSR count). The highest BCUT2D eigenvalue weighted by Crippen LogP contribution is 2.62. The monoisotopic (exact) mass is 824 g/mol. The molecule has 0 amide bonds. The fraction of sp³-hybridized carbons (Fsp3) is 0.0164. The van der Waals surface area contributed by atoms with E-state index < -0.39 is 5.41 Å². The van der Waals surface area contributed by atoms with E-state index in [4.69, 9.17) is 9.97 Å². The molecule has 1 spiro atoms. The van der Waals surface area contributed by atoms with Crippen LogP contribution in [0.15, 0.2) is 218 Å². The van der Waals surface area contributed by atoms with Crippen LogP contribution >= 0.6 is 0 Å². The van der Waals surface area contributed by atoms with Crippen LogP contribution in [0.3, 0.4) is 0 Å². The summed E-state index contributed by atoms with van der Waals surface area (Å²) in [6.07, 6.45) is 0. The Morgan fingerprint density at radius 3 is 1.82 bits per heavy atom. The minimum Gasteiger partial charge on any atom is -0.309 e. The van der Waals surface area contributed by atoms with Gasteiger partial charge in [-0.1, -0.05) is 164 Å². The molecule has 4 heteroatoms. The predicted octanol–water partition coefficient (Wildman–Crippen LogP) is 15.0. The lowest BCUT2D eigenvalue weighted by atomic mass is 9.63. The lowest BCUT2D eigenvalue weighted by Gasteiger charge is -2.38. The number of aromatic nitrogens is 4. The number of rotatable bonds is 4. The van der Waals surface area contributed by atoms with Crippen LogP contribution in [0.5, 0.6) is 0 Å². The summed E-state index contributed by atoms with van der Waals surface area (Å²) in [5.74, 6) is 0.659. The van der Waals surface area contributed by atoms with E-state index in [1.165, 1.54) is 76.7 Å². The Morgan fingerprint density at radius 2 is 1.00 bits per heavy atom. The molecule has 0 aliphatic heterocycles. The third-order valence-corrected chi connectivity index (χ3v) is 14.5. The molecule has 0 unspecified atom stereocenters. The third kappa shape index (κ3) is 4.50. The van der Waals surface area contributed by atoms with Gasteiger partial charge in [-0.25, -0.2) is 9.97 Å². The van der Waals surface area contributed by atoms with Gasteiger partial charge in [-0.05, 0) is 110 Å². The molecule has 2 aliphatic carbocycles. The Hall–Kier alpha value is -8.60. The molecule has 13 aromatic rings. The Kier molecular flexibility index (Phi) is 6.85. The summed E-state index contributed by atoms with van der Waals surface area (Å²) < 4.78 is 4.75. The van der Waals surface area contributed by atoms with Crippen molar-refractivity contribution >= 4 is 65.3 Å². The summed E-state index contributed by atoms with van der Waals surface area (Å²) in [6, 6.07) is 80.2. The van der Waals surface area contributed by atoms with E-state index in [9.17, 15) is 0 Å². The van der Waals surface area contributed by atoms with Gasteiger partial charge in [0.2, 0.25) is 5.95 Å². The SMILES string of the molecule is c1ccc(-c2nc(-n3c4cc(-c5ccc6c(c5)c5ccccc5n6-c5ccccc5)cc5c4c4c6c(cccc6ccc43)C53c4ccccc4-c4ccccc43)nc3ccccc23)cc1. The number of hydrogen-bond acceptors (Lipinski definition) is 2. The van der Waals surface area contributed by atoms with Crippen molar-refractivity contribution in [3.63, 3.8) is 0 Å². The van der Waals surface area contributed by atoms with Gasteiger partial charge in [-0.2, -0.15) is 0 Å². The van der Waals surface area contributed by atoms with Gasteiger partial charge in [0.05, 0.1) is 38.7 Å². The van der Waals surface area contributed by atoms with Crippen LogP contribution < -0.4 is 0 Å². The molecular weight excluding hydrogens is 789 g/mol. The molecule has 2 aliphatic rings. The van der Waals surface area contributed by atoms with Gasteiger partial charge in [-0.3, -0.25) is 4.57 Å². The van der Waals surface area contributed by atoms with Gasteiger partial charge in [0.25, 0.3) is 0 Å². The zero-order valence-electron chi connectivity index (χ0n) is 35.1. The van der Waals surface area contributed by atoms with E-state index in [-0.39, 0.29) is 0 Å². The van der Waals surface area contributed by atoms with Gasteiger partial charge < -0.3 is 4.57 Å². The topological polar surface area (TPSA) is 35.6 Å². The third-order valence-electron chi connectivity index (χ3n) is 14.5. The van der Waals surface area contributed by atoms with Crippen LogP contribution in [0, 0.1) is 0 Å². The molecule has 0 saturated carbocycles. The summed E-state index contributed by atoms with van der Waals surface area (Å²) in [7, 11) is 0. The lowest BCUT2D eigenvalue weighted by Crippen LogP contribution is -2.30. The summed E-state index contributed by atoms with van der Waals surface area (Å²) in [4.78, 5) is 11.0. The zero-order chi connectivity index (χ0) is 42.4. The van der Waals surface area contributed by atoms with E-state index in [0.29, 0.717) is 5.95 Å². The summed E-state index contributed by atoms with van der Waals surface area (Å²) in [5.41, 5.74) is 18.1. The maximum atomic E-state index is 5.56. The van der Waals surface area contributed by atoms with Gasteiger partial charge in [0.15, 0.2) is 0 Å². The van der Waals surface area contributed by atoms with E-state index in [0.717, 1.165) is 50.0 Å². The van der Waals surface area contributed by atoms with Crippen molar-refractivity contribution < 1.29 is 0 Å². The highest BCUT2D eigenvalue weighted by molar-refractivity contribution is 6.27. The van der Waals surface area contributed by atoms with Crippen LogP contribution in [0.1, 0.15) is 22.3 Å². The number of benzene rings is 10. The Bertz CT molecular complexity index is 4130. The number of nitrogens with zero attached hydrogens (tertiary/aromatic N) is 4. The van der Waals surface area contributed by atoms with Crippen LogP contribution in [-0.4, -0.2) is 19.1 Å².